The van der Waals surface area contributed by atoms with Gasteiger partial charge in [0.1, 0.15) is 0 Å². The molecule has 0 fully saturated rings. The van der Waals surface area contributed by atoms with Crippen LogP contribution in [0.4, 0.5) is 0 Å². The van der Waals surface area contributed by atoms with Crippen LogP contribution in [-0.4, -0.2) is 0 Å². The highest BCUT2D eigenvalue weighted by Crippen LogP contribution is 2.24. The van der Waals surface area contributed by atoms with Gasteiger partial charge in [-0.2, -0.15) is 0 Å². The summed E-state index contributed by atoms with van der Waals surface area (Å²) >= 11 is 3.85. The topological polar surface area (TPSA) is 0 Å². The molecular weight excluding hydrogens is 208 g/mol. The van der Waals surface area contributed by atoms with Gasteiger partial charge in [0.2, 0.25) is 0 Å². The molecule has 0 bridgehead atoms. The van der Waals surface area contributed by atoms with Gasteiger partial charge in [-0.1, -0.05) is 6.92 Å². The second kappa shape index (κ2) is 4.28. The fourth-order valence-electron chi connectivity index (χ4n) is 1.46. The summed E-state index contributed by atoms with van der Waals surface area (Å²) < 4.78 is 0. The van der Waals surface area contributed by atoms with Crippen molar-refractivity contribution < 1.29 is 0 Å². The van der Waals surface area contributed by atoms with E-state index >= 15 is 0 Å². The summed E-state index contributed by atoms with van der Waals surface area (Å²) in [4.78, 5) is 5.87. The van der Waals surface area contributed by atoms with Crippen molar-refractivity contribution in [1.82, 2.24) is 0 Å². The Kier molecular flexibility index (Phi) is 3.04. The summed E-state index contributed by atoms with van der Waals surface area (Å²) in [6.07, 6.45) is 2.28. The van der Waals surface area contributed by atoms with E-state index in [1.165, 1.54) is 19.5 Å². The van der Waals surface area contributed by atoms with Crippen molar-refractivity contribution in [2.24, 2.45) is 0 Å². The molecule has 0 unspecified atom stereocenters. The maximum absolute atomic E-state index is 2.26. The van der Waals surface area contributed by atoms with Gasteiger partial charge < -0.3 is 0 Å². The molecule has 2 aromatic rings. The molecule has 0 N–H and O–H groups in total. The fourth-order valence-corrected chi connectivity index (χ4v) is 3.44. The Labute approximate surface area is 93.2 Å². The Hall–Kier alpha value is -0.600. The van der Waals surface area contributed by atoms with Crippen LogP contribution >= 0.6 is 22.7 Å². The van der Waals surface area contributed by atoms with Crippen LogP contribution in [0, 0.1) is 6.92 Å². The first-order chi connectivity index (χ1) is 6.78. The first-order valence-electron chi connectivity index (χ1n) is 4.91. The standard InChI is InChI=1S/C12H14S2/c1-3-10-6-7-12(14-10)8-11-5-4-9(2)13-11/h4-7H,3,8H2,1-2H3. The SMILES string of the molecule is CCc1ccc(Cc2ccc(C)s2)s1. The monoisotopic (exact) mass is 222 g/mol. The minimum absolute atomic E-state index is 1.11. The van der Waals surface area contributed by atoms with Gasteiger partial charge in [0.25, 0.3) is 0 Å². The third kappa shape index (κ3) is 2.25. The normalized spacial score (nSPS) is 10.7. The van der Waals surface area contributed by atoms with Gasteiger partial charge in [-0.05, 0) is 37.6 Å². The lowest BCUT2D eigenvalue weighted by atomic mass is 10.3. The van der Waals surface area contributed by atoms with E-state index < -0.39 is 0 Å². The zero-order valence-electron chi connectivity index (χ0n) is 8.54. The Morgan fingerprint density at radius 3 is 2.14 bits per heavy atom. The van der Waals surface area contributed by atoms with Crippen LogP contribution in [0.15, 0.2) is 24.3 Å². The Morgan fingerprint density at radius 2 is 1.57 bits per heavy atom. The highest BCUT2D eigenvalue weighted by atomic mass is 32.1. The number of thiophene rings is 2. The highest BCUT2D eigenvalue weighted by Gasteiger charge is 2.01. The first kappa shape index (κ1) is 9.94. The second-order valence-electron chi connectivity index (χ2n) is 3.41. The van der Waals surface area contributed by atoms with Gasteiger partial charge in [-0.15, -0.1) is 22.7 Å². The number of hydrogen-bond acceptors (Lipinski definition) is 2. The minimum atomic E-state index is 1.11. The predicted molar refractivity (Wildman–Crippen MR) is 65.6 cm³/mol. The van der Waals surface area contributed by atoms with Crippen LogP contribution in [0.1, 0.15) is 26.4 Å². The van der Waals surface area contributed by atoms with E-state index in [1.807, 2.05) is 22.7 Å². The Morgan fingerprint density at radius 1 is 0.929 bits per heavy atom. The summed E-state index contributed by atoms with van der Waals surface area (Å²) in [6.45, 7) is 4.38. The lowest BCUT2D eigenvalue weighted by Gasteiger charge is -1.92. The molecular formula is C12H14S2. The third-order valence-electron chi connectivity index (χ3n) is 2.21. The average molecular weight is 222 g/mol. The van der Waals surface area contributed by atoms with Crippen LogP contribution in [0.5, 0.6) is 0 Å². The quantitative estimate of drug-likeness (QED) is 0.727. The molecule has 2 heteroatoms. The molecule has 0 aliphatic heterocycles. The van der Waals surface area contributed by atoms with Gasteiger partial charge in [-0.25, -0.2) is 0 Å². The first-order valence-corrected chi connectivity index (χ1v) is 6.54. The molecule has 0 aliphatic rings. The van der Waals surface area contributed by atoms with Crippen molar-refractivity contribution in [3.63, 3.8) is 0 Å². The molecule has 0 saturated carbocycles. The van der Waals surface area contributed by atoms with Crippen molar-refractivity contribution in [2.45, 2.75) is 26.7 Å². The Bertz CT molecular complexity index is 409. The smallest absolute Gasteiger partial charge is 0.0163 e. The van der Waals surface area contributed by atoms with E-state index in [9.17, 15) is 0 Å². The van der Waals surface area contributed by atoms with Crippen LogP contribution < -0.4 is 0 Å². The van der Waals surface area contributed by atoms with Crippen molar-refractivity contribution in [1.29, 1.82) is 0 Å². The number of rotatable bonds is 3. The average Bonchev–Trinajstić information content (AvgIpc) is 2.76. The lowest BCUT2D eigenvalue weighted by molar-refractivity contribution is 1.19. The summed E-state index contributed by atoms with van der Waals surface area (Å²) in [5, 5.41) is 0. The molecule has 0 nitrogen and oxygen atoms in total. The van der Waals surface area contributed by atoms with E-state index in [1.54, 1.807) is 0 Å². The molecule has 2 aromatic heterocycles. The molecule has 0 atom stereocenters. The molecule has 14 heavy (non-hydrogen) atoms. The van der Waals surface area contributed by atoms with Crippen LogP contribution in [0.25, 0.3) is 0 Å². The third-order valence-corrected chi connectivity index (χ3v) is 4.44. The van der Waals surface area contributed by atoms with E-state index in [0.717, 1.165) is 12.8 Å². The van der Waals surface area contributed by atoms with Gasteiger partial charge in [0.15, 0.2) is 0 Å². The van der Waals surface area contributed by atoms with E-state index in [-0.39, 0.29) is 0 Å². The zero-order valence-corrected chi connectivity index (χ0v) is 10.2. The molecule has 0 radical (unpaired) electrons. The van der Waals surface area contributed by atoms with Gasteiger partial charge >= 0.3 is 0 Å². The Balaban J connectivity index is 2.10. The van der Waals surface area contributed by atoms with Gasteiger partial charge in [0.05, 0.1) is 0 Å². The van der Waals surface area contributed by atoms with E-state index in [2.05, 4.69) is 38.1 Å². The van der Waals surface area contributed by atoms with E-state index in [4.69, 9.17) is 0 Å². The van der Waals surface area contributed by atoms with Crippen LogP contribution in [0.2, 0.25) is 0 Å². The van der Waals surface area contributed by atoms with Crippen molar-refractivity contribution in [2.75, 3.05) is 0 Å². The minimum Gasteiger partial charge on any atom is -0.145 e. The molecule has 0 saturated heterocycles. The number of aryl methyl sites for hydroxylation is 2. The number of hydrogen-bond donors (Lipinski definition) is 0. The van der Waals surface area contributed by atoms with E-state index in [0.29, 0.717) is 0 Å². The largest absolute Gasteiger partial charge is 0.145 e. The van der Waals surface area contributed by atoms with Crippen LogP contribution in [-0.2, 0) is 12.8 Å². The lowest BCUT2D eigenvalue weighted by Crippen LogP contribution is -1.76. The summed E-state index contributed by atoms with van der Waals surface area (Å²) in [7, 11) is 0. The zero-order chi connectivity index (χ0) is 9.97. The van der Waals surface area contributed by atoms with Crippen molar-refractivity contribution >= 4 is 22.7 Å². The summed E-state index contributed by atoms with van der Waals surface area (Å²) in [5.74, 6) is 0. The van der Waals surface area contributed by atoms with Gasteiger partial charge in [-0.3, -0.25) is 0 Å². The van der Waals surface area contributed by atoms with Crippen molar-refractivity contribution in [3.8, 4) is 0 Å². The highest BCUT2D eigenvalue weighted by molar-refractivity contribution is 7.13. The molecule has 0 amide bonds. The summed E-state index contributed by atoms with van der Waals surface area (Å²) in [6, 6.07) is 8.96. The van der Waals surface area contributed by atoms with Crippen molar-refractivity contribution in [3.05, 3.63) is 43.8 Å². The molecule has 74 valence electrons. The maximum Gasteiger partial charge on any atom is 0.0163 e. The molecule has 0 aromatic carbocycles. The summed E-state index contributed by atoms with van der Waals surface area (Å²) in [5.41, 5.74) is 0. The van der Waals surface area contributed by atoms with Crippen LogP contribution in [0.3, 0.4) is 0 Å². The van der Waals surface area contributed by atoms with Gasteiger partial charge in [0, 0.05) is 25.9 Å². The maximum atomic E-state index is 2.26. The molecule has 2 rings (SSSR count). The molecule has 2 heterocycles. The fraction of sp³-hybridized carbons (Fsp3) is 0.333. The molecule has 0 spiro atoms. The predicted octanol–water partition coefficient (Wildman–Crippen LogP) is 4.27. The second-order valence-corrected chi connectivity index (χ2v) is 6.04. The molecule has 0 aliphatic carbocycles.